The third-order valence-corrected chi connectivity index (χ3v) is 6.14. The molecule has 4 rings (SSSR count). The van der Waals surface area contributed by atoms with Crippen molar-refractivity contribution in [2.24, 2.45) is 0 Å². The van der Waals surface area contributed by atoms with Gasteiger partial charge in [-0.25, -0.2) is 4.39 Å². The van der Waals surface area contributed by atoms with Gasteiger partial charge in [-0.1, -0.05) is 24.3 Å². The largest absolute Gasteiger partial charge is 0.325 e. The standard InChI is InChI=1S/C27H25FN4O2S/c28-21-8-6-20(7-9-21)18-32(16-14-22-4-1-2-15-29-22)19-26(33)30-23-10-12-24(13-11-23)31-27(34)25-5-3-17-35-25/h1-13,15,17H,14,16,18-19H2,(H,30,33)(H,31,34). The van der Waals surface area contributed by atoms with Crippen LogP contribution in [-0.2, 0) is 17.8 Å². The number of halogens is 1. The van der Waals surface area contributed by atoms with Crippen molar-refractivity contribution < 1.29 is 14.0 Å². The highest BCUT2D eigenvalue weighted by Crippen LogP contribution is 2.17. The maximum atomic E-state index is 13.3. The molecule has 8 heteroatoms. The molecule has 0 bridgehead atoms. The Kier molecular flexibility index (Phi) is 8.32. The maximum Gasteiger partial charge on any atom is 0.265 e. The Morgan fingerprint density at radius 3 is 2.29 bits per heavy atom. The average molecular weight is 489 g/mol. The quantitative estimate of drug-likeness (QED) is 0.321. The fourth-order valence-electron chi connectivity index (χ4n) is 3.52. The van der Waals surface area contributed by atoms with E-state index in [2.05, 4.69) is 15.6 Å². The van der Waals surface area contributed by atoms with Crippen molar-refractivity contribution >= 4 is 34.5 Å². The van der Waals surface area contributed by atoms with Crippen LogP contribution in [0.4, 0.5) is 15.8 Å². The first-order valence-corrected chi connectivity index (χ1v) is 12.0. The number of thiophene rings is 1. The first kappa shape index (κ1) is 24.3. The minimum Gasteiger partial charge on any atom is -0.325 e. The second-order valence-electron chi connectivity index (χ2n) is 7.97. The van der Waals surface area contributed by atoms with Crippen molar-refractivity contribution in [3.05, 3.63) is 112 Å². The molecule has 0 saturated heterocycles. The molecule has 0 fully saturated rings. The van der Waals surface area contributed by atoms with Gasteiger partial charge in [0, 0.05) is 42.8 Å². The van der Waals surface area contributed by atoms with Crippen LogP contribution in [-0.4, -0.2) is 34.8 Å². The molecule has 2 aromatic heterocycles. The molecule has 2 aromatic carbocycles. The van der Waals surface area contributed by atoms with Gasteiger partial charge in [0.2, 0.25) is 5.91 Å². The lowest BCUT2D eigenvalue weighted by atomic mass is 10.2. The SMILES string of the molecule is O=C(CN(CCc1ccccn1)Cc1ccc(F)cc1)Nc1ccc(NC(=O)c2cccs2)cc1. The van der Waals surface area contributed by atoms with Crippen molar-refractivity contribution in [1.29, 1.82) is 0 Å². The molecule has 0 spiro atoms. The molecule has 0 atom stereocenters. The molecule has 6 nitrogen and oxygen atoms in total. The summed E-state index contributed by atoms with van der Waals surface area (Å²) in [6.07, 6.45) is 2.44. The van der Waals surface area contributed by atoms with Gasteiger partial charge in [-0.2, -0.15) is 0 Å². The van der Waals surface area contributed by atoms with Gasteiger partial charge in [0.05, 0.1) is 11.4 Å². The van der Waals surface area contributed by atoms with Gasteiger partial charge in [-0.05, 0) is 65.5 Å². The summed E-state index contributed by atoms with van der Waals surface area (Å²) in [7, 11) is 0. The Morgan fingerprint density at radius 1 is 0.886 bits per heavy atom. The van der Waals surface area contributed by atoms with E-state index >= 15 is 0 Å². The lowest BCUT2D eigenvalue weighted by molar-refractivity contribution is -0.117. The molecule has 0 aliphatic heterocycles. The van der Waals surface area contributed by atoms with Crippen LogP contribution in [0.5, 0.6) is 0 Å². The molecule has 35 heavy (non-hydrogen) atoms. The van der Waals surface area contributed by atoms with Crippen molar-refractivity contribution in [3.63, 3.8) is 0 Å². The van der Waals surface area contributed by atoms with Gasteiger partial charge in [-0.3, -0.25) is 19.5 Å². The van der Waals surface area contributed by atoms with Crippen LogP contribution in [0, 0.1) is 5.82 Å². The van der Waals surface area contributed by atoms with Crippen LogP contribution in [0.15, 0.2) is 90.4 Å². The molecular weight excluding hydrogens is 463 g/mol. The van der Waals surface area contributed by atoms with Gasteiger partial charge in [-0.15, -0.1) is 11.3 Å². The molecule has 0 unspecified atom stereocenters. The summed E-state index contributed by atoms with van der Waals surface area (Å²) in [6.45, 7) is 1.30. The molecule has 2 N–H and O–H groups in total. The van der Waals surface area contributed by atoms with Crippen LogP contribution in [0.3, 0.4) is 0 Å². The van der Waals surface area contributed by atoms with E-state index < -0.39 is 0 Å². The van der Waals surface area contributed by atoms with E-state index in [9.17, 15) is 14.0 Å². The highest BCUT2D eigenvalue weighted by atomic mass is 32.1. The summed E-state index contributed by atoms with van der Waals surface area (Å²) in [6, 6.07) is 22.6. The molecule has 0 radical (unpaired) electrons. The van der Waals surface area contributed by atoms with Crippen molar-refractivity contribution in [1.82, 2.24) is 9.88 Å². The molecule has 0 saturated carbocycles. The number of hydrogen-bond acceptors (Lipinski definition) is 5. The van der Waals surface area contributed by atoms with E-state index in [1.165, 1.54) is 23.5 Å². The van der Waals surface area contributed by atoms with E-state index in [4.69, 9.17) is 0 Å². The second-order valence-corrected chi connectivity index (χ2v) is 8.91. The lowest BCUT2D eigenvalue weighted by Crippen LogP contribution is -2.34. The summed E-state index contributed by atoms with van der Waals surface area (Å²) in [4.78, 5) is 32.0. The third-order valence-electron chi connectivity index (χ3n) is 5.27. The number of amides is 2. The molecule has 0 aliphatic rings. The average Bonchev–Trinajstić information content (AvgIpc) is 3.41. The number of hydrogen-bond donors (Lipinski definition) is 2. The predicted octanol–water partition coefficient (Wildman–Crippen LogP) is 5.22. The van der Waals surface area contributed by atoms with Crippen LogP contribution >= 0.6 is 11.3 Å². The number of carbonyl (C=O) groups excluding carboxylic acids is 2. The van der Waals surface area contributed by atoms with E-state index in [0.29, 0.717) is 35.8 Å². The van der Waals surface area contributed by atoms with E-state index in [1.54, 1.807) is 48.7 Å². The molecule has 0 aliphatic carbocycles. The Bertz CT molecular complexity index is 1230. The van der Waals surface area contributed by atoms with Gasteiger partial charge >= 0.3 is 0 Å². The van der Waals surface area contributed by atoms with Crippen LogP contribution < -0.4 is 10.6 Å². The molecule has 2 heterocycles. The highest BCUT2D eigenvalue weighted by Gasteiger charge is 2.13. The predicted molar refractivity (Wildman–Crippen MR) is 137 cm³/mol. The molecule has 4 aromatic rings. The molecule has 2 amide bonds. The first-order chi connectivity index (χ1) is 17.0. The fourth-order valence-corrected chi connectivity index (χ4v) is 4.14. The van der Waals surface area contributed by atoms with Gasteiger partial charge in [0.15, 0.2) is 0 Å². The summed E-state index contributed by atoms with van der Waals surface area (Å²) < 4.78 is 13.3. The minimum absolute atomic E-state index is 0.163. The van der Waals surface area contributed by atoms with Crippen LogP contribution in [0.1, 0.15) is 20.9 Å². The van der Waals surface area contributed by atoms with Crippen LogP contribution in [0.25, 0.3) is 0 Å². The zero-order valence-corrected chi connectivity index (χ0v) is 19.8. The third kappa shape index (κ3) is 7.56. The smallest absolute Gasteiger partial charge is 0.265 e. The summed E-state index contributed by atoms with van der Waals surface area (Å²) >= 11 is 1.37. The Morgan fingerprint density at radius 2 is 1.63 bits per heavy atom. The summed E-state index contributed by atoms with van der Waals surface area (Å²) in [5.41, 5.74) is 3.15. The Hall–Kier alpha value is -3.88. The van der Waals surface area contributed by atoms with Crippen molar-refractivity contribution in [2.45, 2.75) is 13.0 Å². The Balaban J connectivity index is 1.35. The topological polar surface area (TPSA) is 74.3 Å². The van der Waals surface area contributed by atoms with E-state index in [-0.39, 0.29) is 24.2 Å². The van der Waals surface area contributed by atoms with E-state index in [0.717, 1.165) is 11.3 Å². The minimum atomic E-state index is -0.290. The van der Waals surface area contributed by atoms with E-state index in [1.807, 2.05) is 34.5 Å². The Labute approximate surface area is 207 Å². The number of pyridine rings is 1. The molecule has 178 valence electrons. The first-order valence-electron chi connectivity index (χ1n) is 11.2. The number of anilines is 2. The second kappa shape index (κ2) is 12.0. The normalized spacial score (nSPS) is 10.8. The number of nitrogens with zero attached hydrogens (tertiary/aromatic N) is 2. The zero-order valence-electron chi connectivity index (χ0n) is 19.0. The highest BCUT2D eigenvalue weighted by molar-refractivity contribution is 7.12. The summed E-state index contributed by atoms with van der Waals surface area (Å²) in [5, 5.41) is 7.60. The zero-order chi connectivity index (χ0) is 24.5. The number of nitrogens with one attached hydrogen (secondary N) is 2. The van der Waals surface area contributed by atoms with Gasteiger partial charge in [0.1, 0.15) is 5.82 Å². The van der Waals surface area contributed by atoms with Crippen molar-refractivity contribution in [3.8, 4) is 0 Å². The molecular formula is C27H25FN4O2S. The van der Waals surface area contributed by atoms with Crippen molar-refractivity contribution in [2.75, 3.05) is 23.7 Å². The number of rotatable bonds is 10. The number of carbonyl (C=O) groups is 2. The number of aromatic nitrogens is 1. The van der Waals surface area contributed by atoms with Gasteiger partial charge < -0.3 is 10.6 Å². The number of benzene rings is 2. The lowest BCUT2D eigenvalue weighted by Gasteiger charge is -2.22. The monoisotopic (exact) mass is 488 g/mol. The summed E-state index contributed by atoms with van der Waals surface area (Å²) in [5.74, 6) is -0.619. The maximum absolute atomic E-state index is 13.3. The fraction of sp³-hybridized carbons (Fsp3) is 0.148. The van der Waals surface area contributed by atoms with Gasteiger partial charge in [0.25, 0.3) is 5.91 Å². The van der Waals surface area contributed by atoms with Crippen LogP contribution in [0.2, 0.25) is 0 Å².